The Bertz CT molecular complexity index is 710. The van der Waals surface area contributed by atoms with Gasteiger partial charge in [-0.3, -0.25) is 0 Å². The first-order valence-electron chi connectivity index (χ1n) is 9.34. The topological polar surface area (TPSA) is 21.3 Å². The third kappa shape index (κ3) is 3.10. The van der Waals surface area contributed by atoms with Crippen LogP contribution < -0.4 is 9.74 Å². The predicted octanol–water partition coefficient (Wildman–Crippen LogP) is 6.00. The molecule has 1 aliphatic heterocycles. The Labute approximate surface area is 149 Å². The van der Waals surface area contributed by atoms with E-state index in [1.807, 2.05) is 0 Å². The van der Waals surface area contributed by atoms with Crippen LogP contribution in [0, 0.1) is 0 Å². The van der Waals surface area contributed by atoms with E-state index < -0.39 is 16.4 Å². The molecule has 0 radical (unpaired) electrons. The fraction of sp³-hybridized carbons (Fsp3) is 0.600. The van der Waals surface area contributed by atoms with E-state index >= 15 is 0 Å². The third-order valence-corrected chi connectivity index (χ3v) is 10.5. The van der Waals surface area contributed by atoms with Crippen molar-refractivity contribution in [2.45, 2.75) is 78.3 Å². The van der Waals surface area contributed by atoms with Crippen LogP contribution in [0.15, 0.2) is 17.3 Å². The molecule has 0 aromatic heterocycles. The van der Waals surface area contributed by atoms with Crippen molar-refractivity contribution in [3.63, 3.8) is 0 Å². The molecular formula is C20H33NOSi2. The maximum absolute atomic E-state index is 6.47. The minimum atomic E-state index is -1.64. The molecule has 24 heavy (non-hydrogen) atoms. The first-order chi connectivity index (χ1) is 11.0. The van der Waals surface area contributed by atoms with E-state index in [2.05, 4.69) is 71.3 Å². The zero-order valence-electron chi connectivity index (χ0n) is 16.7. The average Bonchev–Trinajstić information content (AvgIpc) is 2.79. The number of nitrogens with one attached hydrogen (secondary N) is 1. The number of hydrogen-bond acceptors (Lipinski definition) is 2. The summed E-state index contributed by atoms with van der Waals surface area (Å²) >= 11 is 0. The van der Waals surface area contributed by atoms with Gasteiger partial charge in [-0.2, -0.15) is 0 Å². The lowest BCUT2D eigenvalue weighted by Gasteiger charge is -2.30. The number of rotatable bonds is 5. The second-order valence-electron chi connectivity index (χ2n) is 9.67. The Kier molecular flexibility index (Phi) is 4.08. The smallest absolute Gasteiger partial charge is 0.242 e. The maximum Gasteiger partial charge on any atom is 0.242 e. The minimum absolute atomic E-state index is 0.0353. The van der Waals surface area contributed by atoms with Crippen molar-refractivity contribution in [1.29, 1.82) is 0 Å². The van der Waals surface area contributed by atoms with Gasteiger partial charge in [0.25, 0.3) is 0 Å². The van der Waals surface area contributed by atoms with Gasteiger partial charge in [-0.25, -0.2) is 0 Å². The summed E-state index contributed by atoms with van der Waals surface area (Å²) in [5.74, 6) is 1.07. The molecule has 0 bridgehead atoms. The van der Waals surface area contributed by atoms with Gasteiger partial charge >= 0.3 is 0 Å². The molecule has 0 spiro atoms. The van der Waals surface area contributed by atoms with Crippen molar-refractivity contribution in [3.05, 3.63) is 28.5 Å². The highest BCUT2D eigenvalue weighted by molar-refractivity contribution is 7.14. The van der Waals surface area contributed by atoms with Gasteiger partial charge in [0.05, 0.1) is 5.69 Å². The second-order valence-corrected chi connectivity index (χ2v) is 18.4. The Morgan fingerprint density at radius 1 is 1.21 bits per heavy atom. The molecule has 2 nitrogen and oxygen atoms in total. The zero-order valence-corrected chi connectivity index (χ0v) is 18.7. The fourth-order valence-corrected chi connectivity index (χ4v) is 9.76. The van der Waals surface area contributed by atoms with E-state index in [4.69, 9.17) is 4.43 Å². The lowest BCUT2D eigenvalue weighted by atomic mass is 10.0. The molecule has 1 aromatic carbocycles. The number of hydrogen-bond donors (Lipinski definition) is 1. The Hall–Kier alpha value is -1.01. The summed E-state index contributed by atoms with van der Waals surface area (Å²) in [6, 6.07) is 5.92. The van der Waals surface area contributed by atoms with Crippen LogP contribution in [0.1, 0.15) is 45.2 Å². The molecule has 0 saturated heterocycles. The molecule has 0 fully saturated rings. The van der Waals surface area contributed by atoms with Gasteiger partial charge in [0.1, 0.15) is 13.8 Å². The maximum atomic E-state index is 6.47. The molecule has 0 saturated carbocycles. The van der Waals surface area contributed by atoms with E-state index in [1.54, 1.807) is 10.4 Å². The molecular weight excluding hydrogens is 326 g/mol. The van der Waals surface area contributed by atoms with Crippen molar-refractivity contribution in [1.82, 2.24) is 0 Å². The van der Waals surface area contributed by atoms with E-state index in [0.717, 1.165) is 5.75 Å². The molecule has 1 aromatic rings. The fourth-order valence-electron chi connectivity index (χ4n) is 4.13. The van der Waals surface area contributed by atoms with Crippen molar-refractivity contribution in [2.24, 2.45) is 0 Å². The van der Waals surface area contributed by atoms with E-state index in [-0.39, 0.29) is 5.54 Å². The molecule has 132 valence electrons. The first-order valence-corrected chi connectivity index (χ1v) is 15.5. The summed E-state index contributed by atoms with van der Waals surface area (Å²) < 4.78 is 6.47. The van der Waals surface area contributed by atoms with Gasteiger partial charge in [-0.1, -0.05) is 37.2 Å². The summed E-state index contributed by atoms with van der Waals surface area (Å²) in [6.45, 7) is 18.4. The predicted molar refractivity (Wildman–Crippen MR) is 111 cm³/mol. The Morgan fingerprint density at radius 2 is 1.88 bits per heavy atom. The van der Waals surface area contributed by atoms with Gasteiger partial charge in [0, 0.05) is 11.1 Å². The van der Waals surface area contributed by atoms with Gasteiger partial charge in [-0.05, 0) is 63.7 Å². The van der Waals surface area contributed by atoms with Gasteiger partial charge < -0.3 is 9.74 Å². The summed E-state index contributed by atoms with van der Waals surface area (Å²) in [5.41, 5.74) is 4.32. The number of anilines is 1. The zero-order chi connectivity index (χ0) is 17.9. The van der Waals surface area contributed by atoms with Crippen molar-refractivity contribution in [3.8, 4) is 5.75 Å². The van der Waals surface area contributed by atoms with Crippen LogP contribution in [0.2, 0.25) is 32.2 Å². The first kappa shape index (κ1) is 17.8. The van der Waals surface area contributed by atoms with E-state index in [9.17, 15) is 0 Å². The summed E-state index contributed by atoms with van der Waals surface area (Å²) in [6.07, 6.45) is 2.50. The van der Waals surface area contributed by atoms with Crippen LogP contribution in [-0.2, 0) is 6.42 Å². The van der Waals surface area contributed by atoms with Crippen LogP contribution in [0.4, 0.5) is 5.69 Å². The molecule has 4 heteroatoms. The van der Waals surface area contributed by atoms with Crippen LogP contribution in [0.25, 0.3) is 5.20 Å². The average molecular weight is 360 g/mol. The third-order valence-electron chi connectivity index (χ3n) is 4.99. The van der Waals surface area contributed by atoms with Crippen LogP contribution in [0.5, 0.6) is 5.75 Å². The highest BCUT2D eigenvalue weighted by atomic mass is 28.4. The van der Waals surface area contributed by atoms with Gasteiger partial charge in [0.2, 0.25) is 8.32 Å². The second kappa shape index (κ2) is 5.50. The normalized spacial score (nSPS) is 22.3. The highest BCUT2D eigenvalue weighted by Gasteiger charge is 2.55. The quantitative estimate of drug-likeness (QED) is 0.651. The van der Waals surface area contributed by atoms with Crippen LogP contribution in [-0.4, -0.2) is 21.9 Å². The summed E-state index contributed by atoms with van der Waals surface area (Å²) in [4.78, 5) is 0. The largest absolute Gasteiger partial charge is 0.543 e. The van der Waals surface area contributed by atoms with Crippen LogP contribution in [0.3, 0.4) is 0 Å². The minimum Gasteiger partial charge on any atom is -0.543 e. The standard InChI is InChI=1S/C20H33NOSi2/c1-9-12-24(8)16-13-14-10-11-15(22-23(5,6)7)18(17(14)19(16)24)21-20(2,3)4/h10-11,21H,9,12-13H2,1-8H3. The summed E-state index contributed by atoms with van der Waals surface area (Å²) in [5, 5.41) is 7.34. The molecule has 1 heterocycles. The number of allylic oxidation sites excluding steroid dienone is 1. The van der Waals surface area contributed by atoms with Gasteiger partial charge in [0.15, 0.2) is 0 Å². The molecule has 0 amide bonds. The van der Waals surface area contributed by atoms with Crippen LogP contribution >= 0.6 is 0 Å². The Morgan fingerprint density at radius 3 is 2.42 bits per heavy atom. The van der Waals surface area contributed by atoms with Crippen molar-refractivity contribution < 1.29 is 4.43 Å². The molecule has 3 rings (SSSR count). The van der Waals surface area contributed by atoms with Crippen molar-refractivity contribution >= 4 is 27.3 Å². The number of benzene rings is 1. The Balaban J connectivity index is 2.07. The monoisotopic (exact) mass is 359 g/mol. The summed E-state index contributed by atoms with van der Waals surface area (Å²) in [7, 11) is -2.89. The molecule has 1 unspecified atom stereocenters. The molecule has 1 N–H and O–H groups in total. The van der Waals surface area contributed by atoms with E-state index in [1.165, 1.54) is 35.7 Å². The van der Waals surface area contributed by atoms with E-state index in [0.29, 0.717) is 0 Å². The highest BCUT2D eigenvalue weighted by Crippen LogP contribution is 2.61. The molecule has 1 aliphatic carbocycles. The SMILES string of the molecule is CCC[Si]1(C)C2=C1c1c(ccc(O[Si](C)(C)C)c1NC(C)(C)C)C2. The van der Waals surface area contributed by atoms with Gasteiger partial charge in [-0.15, -0.1) is 0 Å². The molecule has 2 aliphatic rings. The lowest BCUT2D eigenvalue weighted by molar-refractivity contribution is 0.552. The number of fused-ring (bicyclic) bond motifs is 2. The lowest BCUT2D eigenvalue weighted by Crippen LogP contribution is -2.32. The molecule has 1 atom stereocenters. The van der Waals surface area contributed by atoms with Crippen molar-refractivity contribution in [2.75, 3.05) is 5.32 Å².